The van der Waals surface area contributed by atoms with Crippen LogP contribution in [-0.2, 0) is 9.53 Å². The van der Waals surface area contributed by atoms with Gasteiger partial charge in [-0.15, -0.1) is 0 Å². The molecule has 184 valence electrons. The van der Waals surface area contributed by atoms with Crippen molar-refractivity contribution in [2.75, 3.05) is 0 Å². The molecule has 4 rings (SSSR count). The molecule has 0 aromatic heterocycles. The molecular formula is C28H42O5. The number of aliphatic hydroxyl groups excluding tert-OH is 2. The van der Waals surface area contributed by atoms with Crippen LogP contribution in [0.4, 0.5) is 0 Å². The molecule has 33 heavy (non-hydrogen) atoms. The van der Waals surface area contributed by atoms with E-state index in [1.807, 2.05) is 0 Å². The highest BCUT2D eigenvalue weighted by molar-refractivity contribution is 5.80. The molecule has 3 N–H and O–H groups in total. The Balaban J connectivity index is 1.42. The zero-order chi connectivity index (χ0) is 24.0. The summed E-state index contributed by atoms with van der Waals surface area (Å²) in [5.74, 6) is 1.28. The molecular weight excluding hydrogens is 416 g/mol. The van der Waals surface area contributed by atoms with Gasteiger partial charge in [-0.25, -0.2) is 4.79 Å². The van der Waals surface area contributed by atoms with Crippen LogP contribution in [0.15, 0.2) is 35.5 Å². The summed E-state index contributed by atoms with van der Waals surface area (Å²) < 4.78 is 5.40. The molecule has 4 aliphatic rings. The van der Waals surface area contributed by atoms with Crippen LogP contribution in [0.3, 0.4) is 0 Å². The van der Waals surface area contributed by atoms with Gasteiger partial charge in [-0.2, -0.15) is 0 Å². The summed E-state index contributed by atoms with van der Waals surface area (Å²) in [4.78, 5) is 11.8. The van der Waals surface area contributed by atoms with E-state index < -0.39 is 23.8 Å². The van der Waals surface area contributed by atoms with E-state index in [1.165, 1.54) is 31.3 Å². The first-order chi connectivity index (χ1) is 15.5. The van der Waals surface area contributed by atoms with E-state index in [0.29, 0.717) is 37.0 Å². The van der Waals surface area contributed by atoms with Gasteiger partial charge < -0.3 is 20.1 Å². The second kappa shape index (κ2) is 9.31. The Bertz CT molecular complexity index is 839. The first kappa shape index (κ1) is 24.7. The molecule has 0 radical (unpaired) electrons. The van der Waals surface area contributed by atoms with E-state index in [9.17, 15) is 20.1 Å². The van der Waals surface area contributed by atoms with Gasteiger partial charge in [0, 0.05) is 12.8 Å². The molecule has 1 aliphatic heterocycles. The van der Waals surface area contributed by atoms with Crippen molar-refractivity contribution in [3.05, 3.63) is 35.5 Å². The topological polar surface area (TPSA) is 87.0 Å². The third kappa shape index (κ3) is 4.87. The normalized spacial score (nSPS) is 44.8. The summed E-state index contributed by atoms with van der Waals surface area (Å²) in [7, 11) is 0. The van der Waals surface area contributed by atoms with Crippen molar-refractivity contribution < 1.29 is 24.9 Å². The zero-order valence-corrected chi connectivity index (χ0v) is 20.6. The lowest BCUT2D eigenvalue weighted by Crippen LogP contribution is -2.36. The fourth-order valence-electron chi connectivity index (χ4n) is 7.34. The van der Waals surface area contributed by atoms with E-state index in [2.05, 4.69) is 32.6 Å². The molecule has 1 heterocycles. The molecule has 5 nitrogen and oxygen atoms in total. The van der Waals surface area contributed by atoms with Crippen molar-refractivity contribution in [3.8, 4) is 0 Å². The number of hydrogen-bond acceptors (Lipinski definition) is 5. The van der Waals surface area contributed by atoms with Crippen molar-refractivity contribution in [3.63, 3.8) is 0 Å². The Kier molecular flexibility index (Phi) is 6.97. The summed E-state index contributed by atoms with van der Waals surface area (Å²) in [6.45, 7) is 10.4. The van der Waals surface area contributed by atoms with Crippen molar-refractivity contribution in [1.29, 1.82) is 0 Å². The second-order valence-corrected chi connectivity index (χ2v) is 11.7. The maximum absolute atomic E-state index is 11.8. The molecule has 3 saturated carbocycles. The first-order valence-electron chi connectivity index (χ1n) is 12.9. The number of rotatable bonds is 5. The van der Waals surface area contributed by atoms with Gasteiger partial charge in [0.25, 0.3) is 0 Å². The maximum Gasteiger partial charge on any atom is 0.338 e. The number of cyclic esters (lactones) is 1. The van der Waals surface area contributed by atoms with Gasteiger partial charge in [-0.1, -0.05) is 38.2 Å². The third-order valence-corrected chi connectivity index (χ3v) is 9.27. The first-order valence-corrected chi connectivity index (χ1v) is 12.9. The van der Waals surface area contributed by atoms with Crippen molar-refractivity contribution in [1.82, 2.24) is 0 Å². The minimum Gasteiger partial charge on any atom is -0.460 e. The molecule has 1 saturated heterocycles. The molecule has 0 spiro atoms. The molecule has 3 aliphatic carbocycles. The minimum absolute atomic E-state index is 0.164. The molecule has 4 fully saturated rings. The highest BCUT2D eigenvalue weighted by Crippen LogP contribution is 2.60. The van der Waals surface area contributed by atoms with Crippen molar-refractivity contribution in [2.24, 2.45) is 23.2 Å². The molecule has 5 heteroatoms. The lowest BCUT2D eigenvalue weighted by molar-refractivity contribution is -0.153. The molecule has 0 bridgehead atoms. The van der Waals surface area contributed by atoms with Crippen LogP contribution >= 0.6 is 0 Å². The second-order valence-electron chi connectivity index (χ2n) is 11.7. The molecule has 0 amide bonds. The quantitative estimate of drug-likeness (QED) is 0.524. The predicted octanol–water partition coefficient (Wildman–Crippen LogP) is 4.61. The summed E-state index contributed by atoms with van der Waals surface area (Å²) in [6, 6.07) is 0. The summed E-state index contributed by atoms with van der Waals surface area (Å²) in [6.07, 6.45) is 12.2. The third-order valence-electron chi connectivity index (χ3n) is 9.27. The number of carbonyl (C=O) groups is 1. The minimum atomic E-state index is -1.33. The maximum atomic E-state index is 11.8. The lowest BCUT2D eigenvalue weighted by atomic mass is 9.60. The number of esters is 1. The average molecular weight is 459 g/mol. The predicted molar refractivity (Wildman–Crippen MR) is 128 cm³/mol. The van der Waals surface area contributed by atoms with Crippen molar-refractivity contribution in [2.45, 2.75) is 109 Å². The van der Waals surface area contributed by atoms with Crippen LogP contribution in [-0.4, -0.2) is 45.2 Å². The van der Waals surface area contributed by atoms with E-state index in [-0.39, 0.29) is 11.5 Å². The SMILES string of the molecule is C=C1/C(=C\C=C2/CCC[C@@]3(C)C2CC[C@@H]3[C@H](C)CC[C@H]2C[C@@](C)(O)C(=O)O2)C[C@@H](O)C[C@@H]1O. The van der Waals surface area contributed by atoms with Gasteiger partial charge in [-0.05, 0) is 92.6 Å². The largest absolute Gasteiger partial charge is 0.460 e. The Morgan fingerprint density at radius 2 is 2.00 bits per heavy atom. The average Bonchev–Trinajstić information content (AvgIpc) is 3.23. The highest BCUT2D eigenvalue weighted by Gasteiger charge is 2.51. The van der Waals surface area contributed by atoms with Gasteiger partial charge in [0.15, 0.2) is 5.60 Å². The molecule has 1 unspecified atom stereocenters. The van der Waals surface area contributed by atoms with Gasteiger partial charge in [-0.3, -0.25) is 0 Å². The fraction of sp³-hybridized carbons (Fsp3) is 0.750. The van der Waals surface area contributed by atoms with Crippen LogP contribution < -0.4 is 0 Å². The number of aliphatic hydroxyl groups is 3. The van der Waals surface area contributed by atoms with Crippen LogP contribution in [0.5, 0.6) is 0 Å². The monoisotopic (exact) mass is 458 g/mol. The highest BCUT2D eigenvalue weighted by atomic mass is 16.6. The number of hydrogen-bond donors (Lipinski definition) is 3. The Morgan fingerprint density at radius 3 is 2.70 bits per heavy atom. The van der Waals surface area contributed by atoms with Crippen LogP contribution in [0, 0.1) is 23.2 Å². The summed E-state index contributed by atoms with van der Waals surface area (Å²) in [5, 5.41) is 30.3. The standard InChI is InChI=1S/C28H42O5/c1-17(7-10-22-16-28(4,32)26(31)33-22)23-11-12-24-19(6-5-13-27(23,24)3)8-9-20-14-21(29)15-25(30)18(20)2/h8-9,17,21-25,29-30,32H,2,5-7,10-16H2,1,3-4H3/b19-8+,20-9-/t17-,21-,22+,23-,24?,25+,27-,28-/m1/s1. The van der Waals surface area contributed by atoms with E-state index in [0.717, 1.165) is 30.4 Å². The van der Waals surface area contributed by atoms with Crippen molar-refractivity contribution >= 4 is 5.97 Å². The zero-order valence-electron chi connectivity index (χ0n) is 20.6. The summed E-state index contributed by atoms with van der Waals surface area (Å²) in [5.41, 5.74) is 2.19. The van der Waals surface area contributed by atoms with E-state index >= 15 is 0 Å². The van der Waals surface area contributed by atoms with Gasteiger partial charge in [0.2, 0.25) is 0 Å². The Hall–Kier alpha value is -1.43. The van der Waals surface area contributed by atoms with Gasteiger partial charge in [0.05, 0.1) is 12.2 Å². The van der Waals surface area contributed by atoms with Gasteiger partial charge in [0.1, 0.15) is 6.10 Å². The molecule has 8 atom stereocenters. The van der Waals surface area contributed by atoms with Crippen LogP contribution in [0.1, 0.15) is 85.0 Å². The summed E-state index contributed by atoms with van der Waals surface area (Å²) >= 11 is 0. The van der Waals surface area contributed by atoms with E-state index in [1.54, 1.807) is 6.92 Å². The Labute approximate surface area is 198 Å². The number of carbonyl (C=O) groups excluding carboxylic acids is 1. The van der Waals surface area contributed by atoms with Gasteiger partial charge >= 0.3 is 5.97 Å². The van der Waals surface area contributed by atoms with Crippen LogP contribution in [0.2, 0.25) is 0 Å². The molecule has 0 aromatic carbocycles. The smallest absolute Gasteiger partial charge is 0.338 e. The lowest BCUT2D eigenvalue weighted by Gasteiger charge is -2.44. The van der Waals surface area contributed by atoms with E-state index in [4.69, 9.17) is 4.74 Å². The number of fused-ring (bicyclic) bond motifs is 1. The number of ether oxygens (including phenoxy) is 1. The van der Waals surface area contributed by atoms with Crippen LogP contribution in [0.25, 0.3) is 0 Å². The number of allylic oxidation sites excluding steroid dienone is 3. The Morgan fingerprint density at radius 1 is 1.24 bits per heavy atom. The fourth-order valence-corrected chi connectivity index (χ4v) is 7.34. The molecule has 0 aromatic rings.